The molecule has 0 saturated carbocycles. The van der Waals surface area contributed by atoms with E-state index in [-0.39, 0.29) is 11.9 Å². The molecule has 1 heterocycles. The van der Waals surface area contributed by atoms with Gasteiger partial charge in [-0.3, -0.25) is 9.69 Å². The van der Waals surface area contributed by atoms with E-state index in [9.17, 15) is 4.79 Å². The molecule has 0 spiro atoms. The molecule has 0 bridgehead atoms. The Morgan fingerprint density at radius 3 is 2.52 bits per heavy atom. The van der Waals surface area contributed by atoms with Gasteiger partial charge in [0.05, 0.1) is 12.3 Å². The average molecular weight is 351 g/mol. The maximum atomic E-state index is 12.2. The first-order valence-corrected chi connectivity index (χ1v) is 7.87. The summed E-state index contributed by atoms with van der Waals surface area (Å²) in [7, 11) is 3.92. The molecule has 1 amide bonds. The van der Waals surface area contributed by atoms with Crippen LogP contribution in [0.4, 0.5) is 0 Å². The number of amides is 1. The minimum Gasteiger partial charge on any atom is -0.468 e. The number of halogens is 1. The highest BCUT2D eigenvalue weighted by molar-refractivity contribution is 9.08. The number of hydrogen-bond donors (Lipinski definition) is 1. The lowest BCUT2D eigenvalue weighted by molar-refractivity contribution is 0.0939. The summed E-state index contributed by atoms with van der Waals surface area (Å²) in [5, 5.41) is 3.74. The lowest BCUT2D eigenvalue weighted by Crippen LogP contribution is -2.34. The van der Waals surface area contributed by atoms with E-state index in [2.05, 4.69) is 21.2 Å². The average Bonchev–Trinajstić information content (AvgIpc) is 3.01. The van der Waals surface area contributed by atoms with Gasteiger partial charge >= 0.3 is 0 Å². The first-order valence-electron chi connectivity index (χ1n) is 6.74. The number of hydrogen-bond acceptors (Lipinski definition) is 3. The van der Waals surface area contributed by atoms with Gasteiger partial charge in [-0.2, -0.15) is 0 Å². The molecule has 1 aromatic heterocycles. The number of carbonyl (C=O) groups is 1. The molecule has 0 saturated heterocycles. The van der Waals surface area contributed by atoms with Gasteiger partial charge in [0.2, 0.25) is 0 Å². The van der Waals surface area contributed by atoms with Crippen LogP contribution in [0.3, 0.4) is 0 Å². The van der Waals surface area contributed by atoms with Crippen molar-refractivity contribution in [2.24, 2.45) is 0 Å². The van der Waals surface area contributed by atoms with E-state index in [0.717, 1.165) is 16.7 Å². The van der Waals surface area contributed by atoms with Crippen LogP contribution in [0.5, 0.6) is 0 Å². The van der Waals surface area contributed by atoms with Gasteiger partial charge in [-0.25, -0.2) is 0 Å². The molecule has 0 aliphatic rings. The first kappa shape index (κ1) is 15.8. The summed E-state index contributed by atoms with van der Waals surface area (Å²) in [5.74, 6) is 0.768. The second-order valence-electron chi connectivity index (χ2n) is 5.04. The summed E-state index contributed by atoms with van der Waals surface area (Å²) < 4.78 is 5.43. The molecule has 1 aromatic carbocycles. The van der Waals surface area contributed by atoms with Gasteiger partial charge in [0.15, 0.2) is 0 Å². The lowest BCUT2D eigenvalue weighted by atomic mass is 10.1. The van der Waals surface area contributed by atoms with Crippen molar-refractivity contribution in [3.63, 3.8) is 0 Å². The Balaban J connectivity index is 1.98. The van der Waals surface area contributed by atoms with Crippen molar-refractivity contribution in [2.45, 2.75) is 11.4 Å². The van der Waals surface area contributed by atoms with Gasteiger partial charge < -0.3 is 9.73 Å². The van der Waals surface area contributed by atoms with Gasteiger partial charge in [0.1, 0.15) is 5.76 Å². The Kier molecular flexibility index (Phi) is 5.59. The Hall–Kier alpha value is -1.59. The number of benzene rings is 1. The third-order valence-corrected chi connectivity index (χ3v) is 3.97. The van der Waals surface area contributed by atoms with Crippen molar-refractivity contribution in [3.05, 3.63) is 59.5 Å². The van der Waals surface area contributed by atoms with Crippen LogP contribution in [0.2, 0.25) is 0 Å². The Labute approximate surface area is 133 Å². The Bertz CT molecular complexity index is 564. The van der Waals surface area contributed by atoms with E-state index in [4.69, 9.17) is 4.42 Å². The Morgan fingerprint density at radius 2 is 2.00 bits per heavy atom. The van der Waals surface area contributed by atoms with Crippen LogP contribution in [0, 0.1) is 0 Å². The molecule has 1 N–H and O–H groups in total. The second-order valence-corrected chi connectivity index (χ2v) is 5.60. The third kappa shape index (κ3) is 4.19. The number of furan rings is 1. The van der Waals surface area contributed by atoms with Crippen molar-refractivity contribution >= 4 is 21.8 Å². The van der Waals surface area contributed by atoms with Crippen LogP contribution in [-0.4, -0.2) is 31.4 Å². The number of rotatable bonds is 6. The zero-order valence-electron chi connectivity index (χ0n) is 12.2. The van der Waals surface area contributed by atoms with Crippen molar-refractivity contribution in [3.8, 4) is 0 Å². The fourth-order valence-corrected chi connectivity index (χ4v) is 2.43. The van der Waals surface area contributed by atoms with Crippen molar-refractivity contribution in [1.29, 1.82) is 0 Å². The summed E-state index contributed by atoms with van der Waals surface area (Å²) in [5.41, 5.74) is 1.81. The molecule has 2 aromatic rings. The molecule has 0 radical (unpaired) electrons. The summed E-state index contributed by atoms with van der Waals surface area (Å²) in [6, 6.07) is 11.4. The number of nitrogens with one attached hydrogen (secondary N) is 1. The van der Waals surface area contributed by atoms with Gasteiger partial charge in [-0.1, -0.05) is 28.1 Å². The molecule has 4 nitrogen and oxygen atoms in total. The molecule has 5 heteroatoms. The van der Waals surface area contributed by atoms with E-state index in [0.29, 0.717) is 12.1 Å². The largest absolute Gasteiger partial charge is 0.468 e. The molecule has 1 atom stereocenters. The topological polar surface area (TPSA) is 45.5 Å². The van der Waals surface area contributed by atoms with Crippen LogP contribution in [0.15, 0.2) is 47.1 Å². The van der Waals surface area contributed by atoms with Crippen LogP contribution in [-0.2, 0) is 5.33 Å². The highest BCUT2D eigenvalue weighted by atomic mass is 79.9. The van der Waals surface area contributed by atoms with E-state index >= 15 is 0 Å². The lowest BCUT2D eigenvalue weighted by Gasteiger charge is -2.22. The van der Waals surface area contributed by atoms with Gasteiger partial charge in [-0.15, -0.1) is 0 Å². The third-order valence-electron chi connectivity index (χ3n) is 3.32. The van der Waals surface area contributed by atoms with Crippen molar-refractivity contribution in [2.75, 3.05) is 20.6 Å². The second kappa shape index (κ2) is 7.43. The number of likely N-dealkylation sites (N-methyl/N-ethyl adjacent to an activating group) is 1. The summed E-state index contributed by atoms with van der Waals surface area (Å²) in [6.07, 6.45) is 1.65. The van der Waals surface area contributed by atoms with Crippen LogP contribution in [0.1, 0.15) is 27.7 Å². The quantitative estimate of drug-likeness (QED) is 0.813. The van der Waals surface area contributed by atoms with Crippen LogP contribution in [0.25, 0.3) is 0 Å². The molecule has 2 rings (SSSR count). The molecular weight excluding hydrogens is 332 g/mol. The van der Waals surface area contributed by atoms with Gasteiger partial charge in [0.25, 0.3) is 5.91 Å². The van der Waals surface area contributed by atoms with E-state index in [1.807, 2.05) is 55.4 Å². The smallest absolute Gasteiger partial charge is 0.251 e. The molecule has 0 fully saturated rings. The highest BCUT2D eigenvalue weighted by Gasteiger charge is 2.18. The first-order chi connectivity index (χ1) is 10.1. The molecule has 112 valence electrons. The Morgan fingerprint density at radius 1 is 1.29 bits per heavy atom. The normalized spacial score (nSPS) is 12.4. The number of carbonyl (C=O) groups excluding carboxylic acids is 1. The molecule has 0 aliphatic heterocycles. The SMILES string of the molecule is CN(C)C(CNC(=O)c1ccc(CBr)cc1)c1ccco1. The highest BCUT2D eigenvalue weighted by Crippen LogP contribution is 2.17. The summed E-state index contributed by atoms with van der Waals surface area (Å²) in [4.78, 5) is 14.2. The molecule has 0 aliphatic carbocycles. The predicted octanol–water partition coefficient (Wildman–Crippen LogP) is 3.21. The van der Waals surface area contributed by atoms with Gasteiger partial charge in [-0.05, 0) is 43.9 Å². The van der Waals surface area contributed by atoms with Crippen LogP contribution >= 0.6 is 15.9 Å². The standard InChI is InChI=1S/C16H19BrN2O2/c1-19(2)14(15-4-3-9-21-15)11-18-16(20)13-7-5-12(10-17)6-8-13/h3-9,14H,10-11H2,1-2H3,(H,18,20). The van der Waals surface area contributed by atoms with Gasteiger partial charge in [0, 0.05) is 17.4 Å². The minimum absolute atomic E-state index is 0.0192. The van der Waals surface area contributed by atoms with E-state index < -0.39 is 0 Å². The molecule has 21 heavy (non-hydrogen) atoms. The molecule has 1 unspecified atom stereocenters. The maximum Gasteiger partial charge on any atom is 0.251 e. The zero-order valence-corrected chi connectivity index (χ0v) is 13.8. The van der Waals surface area contributed by atoms with Crippen LogP contribution < -0.4 is 5.32 Å². The summed E-state index contributed by atoms with van der Waals surface area (Å²) in [6.45, 7) is 0.500. The maximum absolute atomic E-state index is 12.2. The minimum atomic E-state index is -0.0745. The summed E-state index contributed by atoms with van der Waals surface area (Å²) >= 11 is 3.39. The number of alkyl halides is 1. The number of nitrogens with zero attached hydrogens (tertiary/aromatic N) is 1. The fourth-order valence-electron chi connectivity index (χ4n) is 2.06. The van der Waals surface area contributed by atoms with Crippen molar-refractivity contribution in [1.82, 2.24) is 10.2 Å². The fraction of sp³-hybridized carbons (Fsp3) is 0.312. The predicted molar refractivity (Wildman–Crippen MR) is 86.5 cm³/mol. The van der Waals surface area contributed by atoms with E-state index in [1.54, 1.807) is 6.26 Å². The zero-order chi connectivity index (χ0) is 15.2. The van der Waals surface area contributed by atoms with Crippen molar-refractivity contribution < 1.29 is 9.21 Å². The molecular formula is C16H19BrN2O2. The van der Waals surface area contributed by atoms with E-state index in [1.165, 1.54) is 0 Å². The monoisotopic (exact) mass is 350 g/mol.